The van der Waals surface area contributed by atoms with Gasteiger partial charge in [-0.05, 0) is 36.1 Å². The number of benzene rings is 2. The van der Waals surface area contributed by atoms with Crippen LogP contribution in [0.2, 0.25) is 0 Å². The zero-order valence-electron chi connectivity index (χ0n) is 18.5. The summed E-state index contributed by atoms with van der Waals surface area (Å²) in [5, 5.41) is 16.4. The Hall–Kier alpha value is -3.07. The van der Waals surface area contributed by atoms with Gasteiger partial charge in [0.05, 0.1) is 28.6 Å². The fourth-order valence-corrected chi connectivity index (χ4v) is 3.41. The topological polar surface area (TPSA) is 99.6 Å². The van der Waals surface area contributed by atoms with Crippen LogP contribution in [0.5, 0.6) is 5.75 Å². The van der Waals surface area contributed by atoms with Crippen LogP contribution in [0.1, 0.15) is 45.5 Å². The smallest absolute Gasteiger partial charge is 0.311 e. The van der Waals surface area contributed by atoms with Crippen molar-refractivity contribution in [1.29, 1.82) is 0 Å². The standard InChI is InChI=1S/C23H25BrN4O4/c1-5-7-20-26-18-11-10-16(24)12-17(18)22(29)27(20)25-13-15-8-6-9-19(28(30)31)21(15)32-14-23(2,3)4/h6,8-13H,5,7,14H2,1-4H3. The summed E-state index contributed by atoms with van der Waals surface area (Å²) in [7, 11) is 0. The lowest BCUT2D eigenvalue weighted by Crippen LogP contribution is -2.22. The molecule has 3 rings (SSSR count). The number of ether oxygens (including phenoxy) is 1. The normalized spacial score (nSPS) is 11.9. The molecule has 9 heteroatoms. The van der Waals surface area contributed by atoms with Gasteiger partial charge in [-0.25, -0.2) is 4.98 Å². The third kappa shape index (κ3) is 5.40. The highest BCUT2D eigenvalue weighted by molar-refractivity contribution is 9.10. The summed E-state index contributed by atoms with van der Waals surface area (Å²) < 4.78 is 7.85. The number of nitrogens with zero attached hydrogens (tertiary/aromatic N) is 4. The van der Waals surface area contributed by atoms with Crippen molar-refractivity contribution in [3.05, 3.63) is 72.7 Å². The Kier molecular flexibility index (Phi) is 7.08. The van der Waals surface area contributed by atoms with Crippen molar-refractivity contribution in [2.24, 2.45) is 10.5 Å². The van der Waals surface area contributed by atoms with Crippen LogP contribution in [0.3, 0.4) is 0 Å². The minimum atomic E-state index is -0.487. The Balaban J connectivity index is 2.13. The van der Waals surface area contributed by atoms with Gasteiger partial charge < -0.3 is 4.74 Å². The van der Waals surface area contributed by atoms with E-state index in [1.807, 2.05) is 33.8 Å². The molecule has 2 aromatic carbocycles. The summed E-state index contributed by atoms with van der Waals surface area (Å²) in [4.78, 5) is 28.8. The number of aryl methyl sites for hydroxylation is 1. The first-order valence-electron chi connectivity index (χ1n) is 10.3. The highest BCUT2D eigenvalue weighted by Gasteiger charge is 2.21. The minimum absolute atomic E-state index is 0.123. The van der Waals surface area contributed by atoms with Gasteiger partial charge in [-0.3, -0.25) is 14.9 Å². The minimum Gasteiger partial charge on any atom is -0.486 e. The molecule has 0 aliphatic rings. The fourth-order valence-electron chi connectivity index (χ4n) is 3.05. The van der Waals surface area contributed by atoms with Crippen molar-refractivity contribution >= 4 is 38.7 Å². The second kappa shape index (κ2) is 9.60. The lowest BCUT2D eigenvalue weighted by molar-refractivity contribution is -0.386. The van der Waals surface area contributed by atoms with Gasteiger partial charge in [-0.1, -0.05) is 49.7 Å². The SMILES string of the molecule is CCCc1nc2ccc(Br)cc2c(=O)n1N=Cc1cccc([N+](=O)[O-])c1OCC(C)(C)C. The number of aromatic nitrogens is 2. The number of hydrogen-bond acceptors (Lipinski definition) is 6. The van der Waals surface area contributed by atoms with Crippen LogP contribution in [-0.2, 0) is 6.42 Å². The van der Waals surface area contributed by atoms with Gasteiger partial charge in [0.1, 0.15) is 5.82 Å². The largest absolute Gasteiger partial charge is 0.486 e. The summed E-state index contributed by atoms with van der Waals surface area (Å²) in [6.45, 7) is 8.21. The molecule has 1 heterocycles. The van der Waals surface area contributed by atoms with E-state index in [-0.39, 0.29) is 29.0 Å². The lowest BCUT2D eigenvalue weighted by Gasteiger charge is -2.19. The lowest BCUT2D eigenvalue weighted by atomic mass is 9.98. The van der Waals surface area contributed by atoms with E-state index in [1.54, 1.807) is 24.3 Å². The monoisotopic (exact) mass is 500 g/mol. The zero-order chi connectivity index (χ0) is 23.5. The van der Waals surface area contributed by atoms with E-state index in [9.17, 15) is 14.9 Å². The molecule has 0 N–H and O–H groups in total. The molecular weight excluding hydrogens is 476 g/mol. The van der Waals surface area contributed by atoms with Gasteiger partial charge in [0.25, 0.3) is 5.56 Å². The predicted molar refractivity (Wildman–Crippen MR) is 129 cm³/mol. The molecule has 0 amide bonds. The van der Waals surface area contributed by atoms with Crippen LogP contribution < -0.4 is 10.3 Å². The average Bonchev–Trinajstić information content (AvgIpc) is 2.72. The second-order valence-corrected chi connectivity index (χ2v) is 9.52. The van der Waals surface area contributed by atoms with Gasteiger partial charge in [0, 0.05) is 22.5 Å². The number of fused-ring (bicyclic) bond motifs is 1. The van der Waals surface area contributed by atoms with E-state index < -0.39 is 4.92 Å². The fraction of sp³-hybridized carbons (Fsp3) is 0.348. The van der Waals surface area contributed by atoms with Crippen molar-refractivity contribution in [3.63, 3.8) is 0 Å². The molecular formula is C23H25BrN4O4. The maximum Gasteiger partial charge on any atom is 0.311 e. The molecule has 0 bridgehead atoms. The molecule has 0 aliphatic heterocycles. The zero-order valence-corrected chi connectivity index (χ0v) is 20.0. The summed E-state index contributed by atoms with van der Waals surface area (Å²) >= 11 is 3.39. The van der Waals surface area contributed by atoms with Crippen LogP contribution in [-0.4, -0.2) is 27.4 Å². The first-order chi connectivity index (χ1) is 15.1. The number of halogens is 1. The Labute approximate surface area is 194 Å². The molecule has 0 unspecified atom stereocenters. The van der Waals surface area contributed by atoms with Crippen LogP contribution in [0.4, 0.5) is 5.69 Å². The summed E-state index contributed by atoms with van der Waals surface area (Å²) in [6, 6.07) is 9.95. The van der Waals surface area contributed by atoms with Gasteiger partial charge in [-0.2, -0.15) is 9.78 Å². The van der Waals surface area contributed by atoms with Gasteiger partial charge >= 0.3 is 5.69 Å². The molecule has 0 atom stereocenters. The van der Waals surface area contributed by atoms with Crippen LogP contribution in [0, 0.1) is 15.5 Å². The van der Waals surface area contributed by atoms with Gasteiger partial charge in [0.2, 0.25) is 5.75 Å². The van der Waals surface area contributed by atoms with Crippen molar-refractivity contribution in [3.8, 4) is 5.75 Å². The Bertz CT molecular complexity index is 1250. The average molecular weight is 501 g/mol. The maximum atomic E-state index is 13.2. The summed E-state index contributed by atoms with van der Waals surface area (Å²) in [5.74, 6) is 0.643. The second-order valence-electron chi connectivity index (χ2n) is 8.60. The molecule has 32 heavy (non-hydrogen) atoms. The molecule has 0 radical (unpaired) electrons. The Morgan fingerprint density at radius 1 is 1.28 bits per heavy atom. The van der Waals surface area contributed by atoms with Crippen molar-refractivity contribution in [1.82, 2.24) is 9.66 Å². The molecule has 1 aromatic heterocycles. The van der Waals surface area contributed by atoms with E-state index in [4.69, 9.17) is 4.74 Å². The van der Waals surface area contributed by atoms with Gasteiger partial charge in [-0.15, -0.1) is 0 Å². The van der Waals surface area contributed by atoms with Crippen molar-refractivity contribution < 1.29 is 9.66 Å². The molecule has 0 fully saturated rings. The van der Waals surface area contributed by atoms with Crippen molar-refractivity contribution in [2.45, 2.75) is 40.5 Å². The number of nitro benzene ring substituents is 1. The molecule has 8 nitrogen and oxygen atoms in total. The van der Waals surface area contributed by atoms with E-state index in [2.05, 4.69) is 26.0 Å². The molecule has 0 saturated heterocycles. The summed E-state index contributed by atoms with van der Waals surface area (Å²) in [6.07, 6.45) is 2.75. The Morgan fingerprint density at radius 3 is 2.69 bits per heavy atom. The highest BCUT2D eigenvalue weighted by Crippen LogP contribution is 2.31. The van der Waals surface area contributed by atoms with Crippen LogP contribution >= 0.6 is 15.9 Å². The third-order valence-electron chi connectivity index (χ3n) is 4.53. The first kappa shape index (κ1) is 23.6. The number of rotatable bonds is 7. The maximum absolute atomic E-state index is 13.2. The molecule has 168 valence electrons. The predicted octanol–water partition coefficient (Wildman–Crippen LogP) is 5.33. The van der Waals surface area contributed by atoms with E-state index >= 15 is 0 Å². The number of nitro groups is 1. The third-order valence-corrected chi connectivity index (χ3v) is 5.03. The molecule has 0 aliphatic carbocycles. The quantitative estimate of drug-likeness (QED) is 0.248. The van der Waals surface area contributed by atoms with Crippen LogP contribution in [0.25, 0.3) is 10.9 Å². The first-order valence-corrected chi connectivity index (χ1v) is 11.1. The number of para-hydroxylation sites is 1. The van der Waals surface area contributed by atoms with Gasteiger partial charge in [0.15, 0.2) is 0 Å². The van der Waals surface area contributed by atoms with Crippen LogP contribution in [0.15, 0.2) is 50.8 Å². The van der Waals surface area contributed by atoms with E-state index in [0.717, 1.165) is 10.9 Å². The highest BCUT2D eigenvalue weighted by atomic mass is 79.9. The molecule has 3 aromatic rings. The molecule has 0 spiro atoms. The molecule has 0 saturated carbocycles. The Morgan fingerprint density at radius 2 is 2.03 bits per heavy atom. The van der Waals surface area contributed by atoms with Crippen molar-refractivity contribution in [2.75, 3.05) is 6.61 Å². The van der Waals surface area contributed by atoms with E-state index in [1.165, 1.54) is 17.0 Å². The summed E-state index contributed by atoms with van der Waals surface area (Å²) in [5.41, 5.74) is 0.349. The number of hydrogen-bond donors (Lipinski definition) is 0. The van der Waals surface area contributed by atoms with E-state index in [0.29, 0.717) is 28.7 Å².